The largest absolute Gasteiger partial charge is 0.486 e. The molecule has 0 saturated carbocycles. The maximum Gasteiger partial charge on any atom is 0.146 e. The summed E-state index contributed by atoms with van der Waals surface area (Å²) < 4.78 is 11.5. The van der Waals surface area contributed by atoms with Gasteiger partial charge in [0.1, 0.15) is 23.9 Å². The van der Waals surface area contributed by atoms with Gasteiger partial charge in [-0.2, -0.15) is 0 Å². The van der Waals surface area contributed by atoms with Crippen LogP contribution in [-0.4, -0.2) is 6.04 Å². The summed E-state index contributed by atoms with van der Waals surface area (Å²) in [6.07, 6.45) is 0. The minimum Gasteiger partial charge on any atom is -0.486 e. The van der Waals surface area contributed by atoms with Gasteiger partial charge in [0.05, 0.1) is 6.54 Å². The number of aryl methyl sites for hydroxylation is 1. The van der Waals surface area contributed by atoms with E-state index in [0.29, 0.717) is 12.6 Å². The van der Waals surface area contributed by atoms with Crippen molar-refractivity contribution >= 4 is 0 Å². The van der Waals surface area contributed by atoms with Gasteiger partial charge in [-0.15, -0.1) is 0 Å². The molecule has 1 aromatic carbocycles. The molecule has 1 heterocycles. The molecule has 0 amide bonds. The fourth-order valence-corrected chi connectivity index (χ4v) is 1.80. The van der Waals surface area contributed by atoms with Crippen LogP contribution in [0.3, 0.4) is 0 Å². The number of ether oxygens (including phenoxy) is 1. The molecule has 102 valence electrons. The Kier molecular flexibility index (Phi) is 4.63. The molecule has 1 N–H and O–H groups in total. The number of para-hydroxylation sites is 1. The van der Waals surface area contributed by atoms with Crippen LogP contribution < -0.4 is 10.1 Å². The van der Waals surface area contributed by atoms with E-state index in [4.69, 9.17) is 9.15 Å². The molecule has 0 aliphatic rings. The second kappa shape index (κ2) is 6.43. The summed E-state index contributed by atoms with van der Waals surface area (Å²) in [4.78, 5) is 0. The van der Waals surface area contributed by atoms with Crippen molar-refractivity contribution in [2.45, 2.75) is 40.0 Å². The highest BCUT2D eigenvalue weighted by Gasteiger charge is 2.08. The van der Waals surface area contributed by atoms with E-state index >= 15 is 0 Å². The third-order valence-electron chi connectivity index (χ3n) is 2.87. The van der Waals surface area contributed by atoms with Crippen LogP contribution in [0.5, 0.6) is 5.75 Å². The molecule has 0 aliphatic heterocycles. The van der Waals surface area contributed by atoms with Crippen molar-refractivity contribution in [3.05, 3.63) is 53.5 Å². The molecule has 0 aliphatic carbocycles. The van der Waals surface area contributed by atoms with Crippen molar-refractivity contribution in [3.8, 4) is 5.75 Å². The summed E-state index contributed by atoms with van der Waals surface area (Å²) in [7, 11) is 0. The summed E-state index contributed by atoms with van der Waals surface area (Å²) in [5, 5.41) is 3.36. The molecular formula is C16H21NO2. The van der Waals surface area contributed by atoms with Gasteiger partial charge in [-0.25, -0.2) is 0 Å². The molecule has 0 unspecified atom stereocenters. The second-order valence-corrected chi connectivity index (χ2v) is 4.96. The Labute approximate surface area is 114 Å². The molecular weight excluding hydrogens is 238 g/mol. The van der Waals surface area contributed by atoms with Crippen LogP contribution in [0.25, 0.3) is 0 Å². The molecule has 0 fully saturated rings. The first-order valence-electron chi connectivity index (χ1n) is 6.64. The maximum absolute atomic E-state index is 5.80. The van der Waals surface area contributed by atoms with Gasteiger partial charge < -0.3 is 14.5 Å². The highest BCUT2D eigenvalue weighted by molar-refractivity contribution is 5.23. The molecule has 2 aromatic rings. The fourth-order valence-electron chi connectivity index (χ4n) is 1.80. The number of furan rings is 1. The van der Waals surface area contributed by atoms with E-state index < -0.39 is 0 Å². The molecule has 0 saturated heterocycles. The lowest BCUT2D eigenvalue weighted by Crippen LogP contribution is -2.21. The van der Waals surface area contributed by atoms with Crippen molar-refractivity contribution in [3.63, 3.8) is 0 Å². The lowest BCUT2D eigenvalue weighted by molar-refractivity contribution is 0.264. The van der Waals surface area contributed by atoms with Crippen LogP contribution in [0.4, 0.5) is 0 Å². The van der Waals surface area contributed by atoms with Crippen molar-refractivity contribution < 1.29 is 9.15 Å². The molecule has 3 nitrogen and oxygen atoms in total. The molecule has 2 rings (SSSR count). The van der Waals surface area contributed by atoms with Crippen molar-refractivity contribution in [1.82, 2.24) is 5.32 Å². The minimum atomic E-state index is 0.452. The monoisotopic (exact) mass is 259 g/mol. The normalized spacial score (nSPS) is 10.9. The molecule has 3 heteroatoms. The van der Waals surface area contributed by atoms with E-state index in [2.05, 4.69) is 26.1 Å². The third-order valence-corrected chi connectivity index (χ3v) is 2.87. The van der Waals surface area contributed by atoms with Gasteiger partial charge in [0.15, 0.2) is 0 Å². The lowest BCUT2D eigenvalue weighted by atomic mass is 10.2. The topological polar surface area (TPSA) is 34.4 Å². The van der Waals surface area contributed by atoms with Gasteiger partial charge in [-0.1, -0.05) is 32.0 Å². The summed E-state index contributed by atoms with van der Waals surface area (Å²) >= 11 is 0. The molecule has 0 radical (unpaired) electrons. The fraction of sp³-hybridized carbons (Fsp3) is 0.375. The first-order valence-corrected chi connectivity index (χ1v) is 6.64. The minimum absolute atomic E-state index is 0.452. The highest BCUT2D eigenvalue weighted by atomic mass is 16.5. The van der Waals surface area contributed by atoms with Gasteiger partial charge in [-0.05, 0) is 30.7 Å². The molecule has 19 heavy (non-hydrogen) atoms. The van der Waals surface area contributed by atoms with Crippen LogP contribution in [0, 0.1) is 6.92 Å². The maximum atomic E-state index is 5.80. The average Bonchev–Trinajstić information content (AvgIpc) is 2.76. The van der Waals surface area contributed by atoms with Crippen molar-refractivity contribution in [1.29, 1.82) is 0 Å². The van der Waals surface area contributed by atoms with Gasteiger partial charge in [0.2, 0.25) is 0 Å². The zero-order valence-electron chi connectivity index (χ0n) is 11.8. The van der Waals surface area contributed by atoms with Crippen LogP contribution in [-0.2, 0) is 13.2 Å². The number of rotatable bonds is 6. The predicted molar refractivity (Wildman–Crippen MR) is 76.2 cm³/mol. The Balaban J connectivity index is 1.92. The summed E-state index contributed by atoms with van der Waals surface area (Å²) in [5.41, 5.74) is 1.17. The van der Waals surface area contributed by atoms with E-state index in [-0.39, 0.29) is 0 Å². The van der Waals surface area contributed by atoms with E-state index in [9.17, 15) is 0 Å². The number of benzene rings is 1. The number of nitrogens with one attached hydrogen (secondary N) is 1. The summed E-state index contributed by atoms with van der Waals surface area (Å²) in [5.74, 6) is 2.71. The van der Waals surface area contributed by atoms with Crippen molar-refractivity contribution in [2.24, 2.45) is 0 Å². The quantitative estimate of drug-likeness (QED) is 0.859. The van der Waals surface area contributed by atoms with Crippen LogP contribution in [0.1, 0.15) is 30.9 Å². The van der Waals surface area contributed by atoms with Crippen LogP contribution in [0.15, 0.2) is 40.8 Å². The Hall–Kier alpha value is -1.74. The van der Waals surface area contributed by atoms with Gasteiger partial charge >= 0.3 is 0 Å². The zero-order valence-corrected chi connectivity index (χ0v) is 11.8. The number of hydrogen-bond acceptors (Lipinski definition) is 3. The molecule has 0 atom stereocenters. The molecule has 0 bridgehead atoms. The summed E-state index contributed by atoms with van der Waals surface area (Å²) in [6, 6.07) is 12.3. The van der Waals surface area contributed by atoms with Gasteiger partial charge in [0, 0.05) is 6.04 Å². The molecule has 1 aromatic heterocycles. The first-order chi connectivity index (χ1) is 9.15. The van der Waals surface area contributed by atoms with E-state index in [1.54, 1.807) is 0 Å². The Morgan fingerprint density at radius 3 is 2.63 bits per heavy atom. The van der Waals surface area contributed by atoms with E-state index in [1.165, 1.54) is 5.56 Å². The predicted octanol–water partition coefficient (Wildman–Crippen LogP) is 3.67. The molecule has 0 spiro atoms. The lowest BCUT2D eigenvalue weighted by Gasteiger charge is -2.06. The van der Waals surface area contributed by atoms with Crippen LogP contribution >= 0.6 is 0 Å². The van der Waals surface area contributed by atoms with E-state index in [1.807, 2.05) is 36.4 Å². The highest BCUT2D eigenvalue weighted by Crippen LogP contribution is 2.17. The zero-order chi connectivity index (χ0) is 13.7. The smallest absolute Gasteiger partial charge is 0.146 e. The average molecular weight is 259 g/mol. The van der Waals surface area contributed by atoms with E-state index in [0.717, 1.165) is 23.8 Å². The van der Waals surface area contributed by atoms with Crippen LogP contribution in [0.2, 0.25) is 0 Å². The Morgan fingerprint density at radius 1 is 1.21 bits per heavy atom. The third kappa shape index (κ3) is 4.14. The van der Waals surface area contributed by atoms with Gasteiger partial charge in [-0.3, -0.25) is 0 Å². The first kappa shape index (κ1) is 13.7. The summed E-state index contributed by atoms with van der Waals surface area (Å²) in [6.45, 7) is 7.53. The number of hydrogen-bond donors (Lipinski definition) is 1. The van der Waals surface area contributed by atoms with Gasteiger partial charge in [0.25, 0.3) is 0 Å². The standard InChI is InChI=1S/C16H21NO2/c1-12(2)17-10-16-13(3)9-15(19-16)11-18-14-7-5-4-6-8-14/h4-9,12,17H,10-11H2,1-3H3. The van der Waals surface area contributed by atoms with Crippen molar-refractivity contribution in [2.75, 3.05) is 0 Å². The Morgan fingerprint density at radius 2 is 1.95 bits per heavy atom. The second-order valence-electron chi connectivity index (χ2n) is 4.96. The SMILES string of the molecule is Cc1cc(COc2ccccc2)oc1CNC(C)C. The Bertz CT molecular complexity index is 503.